The third-order valence-electron chi connectivity index (χ3n) is 6.15. The number of hydrogen-bond acceptors (Lipinski definition) is 6. The smallest absolute Gasteiger partial charge is 0.243 e. The van der Waals surface area contributed by atoms with E-state index in [1.165, 1.54) is 10.4 Å². The summed E-state index contributed by atoms with van der Waals surface area (Å²) in [7, 11) is -2.08. The molecule has 0 unspecified atom stereocenters. The minimum absolute atomic E-state index is 0.0685. The number of benzene rings is 2. The molecule has 2 aliphatic heterocycles. The first-order valence-electron chi connectivity index (χ1n) is 11.2. The summed E-state index contributed by atoms with van der Waals surface area (Å²) < 4.78 is 44.4. The number of piperidine rings is 1. The monoisotopic (exact) mass is 474 g/mol. The van der Waals surface area contributed by atoms with E-state index in [4.69, 9.17) is 14.2 Å². The number of ether oxygens (including phenoxy) is 3. The fourth-order valence-electron chi connectivity index (χ4n) is 4.24. The number of carbonyl (C=O) groups is 1. The predicted octanol–water partition coefficient (Wildman–Crippen LogP) is 3.13. The van der Waals surface area contributed by atoms with Crippen LogP contribution in [0, 0.1) is 5.92 Å². The Balaban J connectivity index is 1.38. The Labute approximate surface area is 194 Å². The third-order valence-corrected chi connectivity index (χ3v) is 8.04. The molecule has 33 heavy (non-hydrogen) atoms. The molecule has 1 saturated heterocycles. The van der Waals surface area contributed by atoms with Crippen LogP contribution in [0.15, 0.2) is 47.4 Å². The molecule has 8 nitrogen and oxygen atoms in total. The zero-order chi connectivity index (χ0) is 23.4. The molecule has 2 aromatic rings. The van der Waals surface area contributed by atoms with Crippen molar-refractivity contribution in [3.8, 4) is 17.2 Å². The quantitative estimate of drug-likeness (QED) is 0.691. The largest absolute Gasteiger partial charge is 0.496 e. The molecular formula is C24H30N2O6S. The topological polar surface area (TPSA) is 94.2 Å². The van der Waals surface area contributed by atoms with E-state index in [2.05, 4.69) is 5.32 Å². The van der Waals surface area contributed by atoms with Gasteiger partial charge in [-0.05, 0) is 38.0 Å². The molecule has 1 fully saturated rings. The molecule has 4 rings (SSSR count). The zero-order valence-electron chi connectivity index (χ0n) is 19.0. The second-order valence-electron chi connectivity index (χ2n) is 8.31. The van der Waals surface area contributed by atoms with E-state index in [0.717, 1.165) is 17.7 Å². The highest BCUT2D eigenvalue weighted by molar-refractivity contribution is 7.89. The van der Waals surface area contributed by atoms with Gasteiger partial charge in [0.05, 0.1) is 31.3 Å². The molecular weight excluding hydrogens is 444 g/mol. The number of carbonyl (C=O) groups excluding carboxylic acids is 1. The Bertz CT molecular complexity index is 1100. The standard InChI is InChI=1S/C24H30N2O6S/c1-17(20-6-3-4-7-21(20)30-2)25-24(27)18-10-12-26(13-11-18)33(28,29)19-8-9-22-23(16-19)32-15-5-14-31-22/h3-4,6-9,16-18H,5,10-15H2,1-2H3,(H,25,27)/t17-/m1/s1. The van der Waals surface area contributed by atoms with Crippen molar-refractivity contribution < 1.29 is 27.4 Å². The Hall–Kier alpha value is -2.78. The number of hydrogen-bond donors (Lipinski definition) is 1. The molecule has 1 atom stereocenters. The molecule has 1 amide bonds. The van der Waals surface area contributed by atoms with Gasteiger partial charge in [0.2, 0.25) is 15.9 Å². The molecule has 178 valence electrons. The maximum absolute atomic E-state index is 13.2. The van der Waals surface area contributed by atoms with Gasteiger partial charge in [-0.25, -0.2) is 8.42 Å². The van der Waals surface area contributed by atoms with Crippen LogP contribution in [0.2, 0.25) is 0 Å². The van der Waals surface area contributed by atoms with Crippen molar-refractivity contribution in [1.29, 1.82) is 0 Å². The van der Waals surface area contributed by atoms with Gasteiger partial charge in [-0.3, -0.25) is 4.79 Å². The maximum atomic E-state index is 13.2. The van der Waals surface area contributed by atoms with Crippen LogP contribution in [-0.4, -0.2) is 52.0 Å². The highest BCUT2D eigenvalue weighted by Crippen LogP contribution is 2.34. The van der Waals surface area contributed by atoms with Crippen molar-refractivity contribution >= 4 is 15.9 Å². The summed E-state index contributed by atoms with van der Waals surface area (Å²) >= 11 is 0. The van der Waals surface area contributed by atoms with Gasteiger partial charge in [0, 0.05) is 37.1 Å². The Kier molecular flexibility index (Phi) is 7.09. The summed E-state index contributed by atoms with van der Waals surface area (Å²) in [4.78, 5) is 13.0. The lowest BCUT2D eigenvalue weighted by molar-refractivity contribution is -0.126. The van der Waals surface area contributed by atoms with Crippen molar-refractivity contribution in [3.05, 3.63) is 48.0 Å². The molecule has 1 N–H and O–H groups in total. The van der Waals surface area contributed by atoms with Gasteiger partial charge in [0.1, 0.15) is 5.75 Å². The van der Waals surface area contributed by atoms with Crippen LogP contribution in [0.5, 0.6) is 17.2 Å². The van der Waals surface area contributed by atoms with Crippen molar-refractivity contribution in [2.24, 2.45) is 5.92 Å². The van der Waals surface area contributed by atoms with Crippen LogP contribution in [0.4, 0.5) is 0 Å². The first kappa shape index (κ1) is 23.4. The Morgan fingerprint density at radius 2 is 1.79 bits per heavy atom. The molecule has 0 aromatic heterocycles. The summed E-state index contributed by atoms with van der Waals surface area (Å²) in [5.41, 5.74) is 0.905. The van der Waals surface area contributed by atoms with Gasteiger partial charge in [-0.1, -0.05) is 18.2 Å². The molecule has 2 aliphatic rings. The molecule has 0 radical (unpaired) electrons. The number of fused-ring (bicyclic) bond motifs is 1. The lowest BCUT2D eigenvalue weighted by Gasteiger charge is -2.31. The highest BCUT2D eigenvalue weighted by Gasteiger charge is 2.33. The number of methoxy groups -OCH3 is 1. The van der Waals surface area contributed by atoms with Gasteiger partial charge >= 0.3 is 0 Å². The Morgan fingerprint density at radius 1 is 1.09 bits per heavy atom. The lowest BCUT2D eigenvalue weighted by Crippen LogP contribution is -2.43. The summed E-state index contributed by atoms with van der Waals surface area (Å²) in [5, 5.41) is 3.05. The summed E-state index contributed by atoms with van der Waals surface area (Å²) in [6.45, 7) is 3.53. The summed E-state index contributed by atoms with van der Waals surface area (Å²) in [5.74, 6) is 1.43. The fourth-order valence-corrected chi connectivity index (χ4v) is 5.73. The van der Waals surface area contributed by atoms with Gasteiger partial charge in [-0.15, -0.1) is 0 Å². The SMILES string of the molecule is COc1ccccc1[C@@H](C)NC(=O)C1CCN(S(=O)(=O)c2ccc3c(c2)OCCCO3)CC1. The number of nitrogens with one attached hydrogen (secondary N) is 1. The molecule has 2 heterocycles. The van der Waals surface area contributed by atoms with Crippen molar-refractivity contribution in [1.82, 2.24) is 9.62 Å². The van der Waals surface area contributed by atoms with E-state index >= 15 is 0 Å². The first-order chi connectivity index (χ1) is 15.9. The van der Waals surface area contributed by atoms with E-state index in [0.29, 0.717) is 37.6 Å². The van der Waals surface area contributed by atoms with Crippen LogP contribution >= 0.6 is 0 Å². The lowest BCUT2D eigenvalue weighted by atomic mass is 9.96. The van der Waals surface area contributed by atoms with E-state index in [1.807, 2.05) is 31.2 Å². The van der Waals surface area contributed by atoms with E-state index < -0.39 is 10.0 Å². The fraction of sp³-hybridized carbons (Fsp3) is 0.458. The Morgan fingerprint density at radius 3 is 2.52 bits per heavy atom. The summed E-state index contributed by atoms with van der Waals surface area (Å²) in [6, 6.07) is 12.1. The normalized spacial score (nSPS) is 18.2. The van der Waals surface area contributed by atoms with Crippen LogP contribution < -0.4 is 19.5 Å². The molecule has 0 saturated carbocycles. The van der Waals surface area contributed by atoms with Crippen LogP contribution in [0.25, 0.3) is 0 Å². The molecule has 0 bridgehead atoms. The molecule has 2 aromatic carbocycles. The number of para-hydroxylation sites is 1. The average Bonchev–Trinajstić information content (AvgIpc) is 3.09. The third kappa shape index (κ3) is 5.09. The van der Waals surface area contributed by atoms with Crippen LogP contribution in [0.1, 0.15) is 37.8 Å². The zero-order valence-corrected chi connectivity index (χ0v) is 19.8. The van der Waals surface area contributed by atoms with Crippen LogP contribution in [0.3, 0.4) is 0 Å². The highest BCUT2D eigenvalue weighted by atomic mass is 32.2. The molecule has 0 spiro atoms. The summed E-state index contributed by atoms with van der Waals surface area (Å²) in [6.07, 6.45) is 1.69. The predicted molar refractivity (Wildman–Crippen MR) is 123 cm³/mol. The molecule has 0 aliphatic carbocycles. The maximum Gasteiger partial charge on any atom is 0.243 e. The second kappa shape index (κ2) is 10.0. The van der Waals surface area contributed by atoms with E-state index in [-0.39, 0.29) is 35.9 Å². The van der Waals surface area contributed by atoms with E-state index in [9.17, 15) is 13.2 Å². The number of sulfonamides is 1. The van der Waals surface area contributed by atoms with E-state index in [1.54, 1.807) is 19.2 Å². The molecule has 9 heteroatoms. The van der Waals surface area contributed by atoms with Gasteiger partial charge in [0.25, 0.3) is 0 Å². The average molecular weight is 475 g/mol. The minimum atomic E-state index is -3.68. The second-order valence-corrected chi connectivity index (χ2v) is 10.2. The van der Waals surface area contributed by atoms with Crippen molar-refractivity contribution in [2.75, 3.05) is 33.4 Å². The van der Waals surface area contributed by atoms with Crippen molar-refractivity contribution in [3.63, 3.8) is 0 Å². The number of nitrogens with zero attached hydrogens (tertiary/aromatic N) is 1. The van der Waals surface area contributed by atoms with Gasteiger partial charge in [-0.2, -0.15) is 4.31 Å². The van der Waals surface area contributed by atoms with Crippen LogP contribution in [-0.2, 0) is 14.8 Å². The number of amides is 1. The van der Waals surface area contributed by atoms with Gasteiger partial charge in [0.15, 0.2) is 11.5 Å². The number of rotatable bonds is 6. The van der Waals surface area contributed by atoms with Crippen molar-refractivity contribution in [2.45, 2.75) is 37.1 Å². The first-order valence-corrected chi connectivity index (χ1v) is 12.7. The minimum Gasteiger partial charge on any atom is -0.496 e. The van der Waals surface area contributed by atoms with Gasteiger partial charge < -0.3 is 19.5 Å².